The third kappa shape index (κ3) is 2.58. The summed E-state index contributed by atoms with van der Waals surface area (Å²) in [6.07, 6.45) is 1.44. The van der Waals surface area contributed by atoms with Crippen LogP contribution in [0.1, 0.15) is 25.0 Å². The Morgan fingerprint density at radius 3 is 2.35 bits per heavy atom. The molecular formula is C14H17F2O3P. The van der Waals surface area contributed by atoms with Crippen LogP contribution in [0.3, 0.4) is 0 Å². The van der Waals surface area contributed by atoms with E-state index in [-0.39, 0.29) is 25.2 Å². The number of fused-ring (bicyclic) bond motifs is 1. The quantitative estimate of drug-likeness (QED) is 0.727. The van der Waals surface area contributed by atoms with Gasteiger partial charge in [0.25, 0.3) is 0 Å². The molecule has 0 N–H and O–H groups in total. The van der Waals surface area contributed by atoms with Crippen LogP contribution in [0.15, 0.2) is 29.8 Å². The number of rotatable bonds is 6. The molecule has 0 atom stereocenters. The molecule has 0 radical (unpaired) electrons. The molecule has 0 bridgehead atoms. The van der Waals surface area contributed by atoms with Gasteiger partial charge in [0.05, 0.1) is 13.2 Å². The van der Waals surface area contributed by atoms with E-state index in [1.165, 1.54) is 19.9 Å². The van der Waals surface area contributed by atoms with Crippen LogP contribution in [0.5, 0.6) is 0 Å². The lowest BCUT2D eigenvalue weighted by Gasteiger charge is -2.26. The summed E-state index contributed by atoms with van der Waals surface area (Å²) in [5, 5.41) is 0. The number of benzene rings is 1. The second-order valence-corrected chi connectivity index (χ2v) is 6.49. The average Bonchev–Trinajstić information content (AvgIpc) is 2.83. The Hall–Kier alpha value is -1.03. The molecular weight excluding hydrogens is 285 g/mol. The van der Waals surface area contributed by atoms with Gasteiger partial charge in [-0.05, 0) is 31.1 Å². The van der Waals surface area contributed by atoms with E-state index in [4.69, 9.17) is 9.05 Å². The fourth-order valence-electron chi connectivity index (χ4n) is 2.19. The van der Waals surface area contributed by atoms with Crippen LogP contribution in [-0.2, 0) is 20.0 Å². The van der Waals surface area contributed by atoms with E-state index in [0.29, 0.717) is 0 Å². The highest BCUT2D eigenvalue weighted by Gasteiger charge is 2.56. The van der Waals surface area contributed by atoms with Crippen LogP contribution in [-0.4, -0.2) is 18.9 Å². The van der Waals surface area contributed by atoms with Crippen molar-refractivity contribution in [2.75, 3.05) is 13.2 Å². The van der Waals surface area contributed by atoms with Gasteiger partial charge in [-0.1, -0.05) is 24.3 Å². The van der Waals surface area contributed by atoms with Crippen LogP contribution in [0.4, 0.5) is 8.78 Å². The smallest absolute Gasteiger partial charge is 0.304 e. The molecule has 2 rings (SSSR count). The third-order valence-electron chi connectivity index (χ3n) is 3.09. The number of alkyl halides is 2. The van der Waals surface area contributed by atoms with E-state index in [0.717, 1.165) is 11.1 Å². The summed E-state index contributed by atoms with van der Waals surface area (Å²) >= 11 is 0. The molecule has 3 nitrogen and oxygen atoms in total. The largest absolute Gasteiger partial charge is 0.404 e. The van der Waals surface area contributed by atoms with E-state index in [9.17, 15) is 13.3 Å². The van der Waals surface area contributed by atoms with E-state index in [2.05, 4.69) is 0 Å². The zero-order valence-electron chi connectivity index (χ0n) is 11.4. The molecule has 1 aromatic carbocycles. The van der Waals surface area contributed by atoms with E-state index < -0.39 is 13.3 Å². The number of allylic oxidation sites excluding steroid dienone is 1. The van der Waals surface area contributed by atoms with E-state index >= 15 is 0 Å². The summed E-state index contributed by atoms with van der Waals surface area (Å²) in [4.78, 5) is 0. The average molecular weight is 302 g/mol. The SMILES string of the molecule is CCOP(=O)(OCC)C(F)(F)C1=Cc2ccccc2C1. The molecule has 0 saturated heterocycles. The van der Waals surface area contributed by atoms with Crippen LogP contribution >= 0.6 is 7.60 Å². The van der Waals surface area contributed by atoms with Crippen molar-refractivity contribution < 1.29 is 22.4 Å². The van der Waals surface area contributed by atoms with Crippen LogP contribution in [0.25, 0.3) is 6.08 Å². The molecule has 6 heteroatoms. The molecule has 110 valence electrons. The predicted molar refractivity (Wildman–Crippen MR) is 73.9 cm³/mol. The van der Waals surface area contributed by atoms with Crippen molar-refractivity contribution in [1.82, 2.24) is 0 Å². The van der Waals surface area contributed by atoms with Gasteiger partial charge in [0, 0.05) is 12.0 Å². The Balaban J connectivity index is 2.34. The molecule has 0 amide bonds. The van der Waals surface area contributed by atoms with Crippen LogP contribution in [0, 0.1) is 0 Å². The normalized spacial score (nSPS) is 15.1. The maximum Gasteiger partial charge on any atom is 0.404 e. The van der Waals surface area contributed by atoms with Gasteiger partial charge in [-0.2, -0.15) is 8.78 Å². The first-order valence-electron chi connectivity index (χ1n) is 6.50. The van der Waals surface area contributed by atoms with Crippen molar-refractivity contribution in [3.05, 3.63) is 41.0 Å². The van der Waals surface area contributed by atoms with Gasteiger partial charge in [-0.15, -0.1) is 0 Å². The first kappa shape index (κ1) is 15.4. The van der Waals surface area contributed by atoms with Gasteiger partial charge in [0.2, 0.25) is 0 Å². The number of hydrogen-bond donors (Lipinski definition) is 0. The monoisotopic (exact) mass is 302 g/mol. The summed E-state index contributed by atoms with van der Waals surface area (Å²) < 4.78 is 51.0. The van der Waals surface area contributed by atoms with Gasteiger partial charge in [0.1, 0.15) is 0 Å². The van der Waals surface area contributed by atoms with Crippen molar-refractivity contribution in [1.29, 1.82) is 0 Å². The number of halogens is 2. The predicted octanol–water partition coefficient (Wildman–Crippen LogP) is 4.49. The van der Waals surface area contributed by atoms with Gasteiger partial charge >= 0.3 is 13.3 Å². The molecule has 20 heavy (non-hydrogen) atoms. The third-order valence-corrected chi connectivity index (χ3v) is 5.27. The fourth-order valence-corrected chi connectivity index (χ4v) is 3.76. The molecule has 0 unspecified atom stereocenters. The first-order valence-corrected chi connectivity index (χ1v) is 8.05. The van der Waals surface area contributed by atoms with E-state index in [1.807, 2.05) is 0 Å². The van der Waals surface area contributed by atoms with Crippen molar-refractivity contribution in [2.45, 2.75) is 25.9 Å². The molecule has 0 fully saturated rings. The summed E-state index contributed by atoms with van der Waals surface area (Å²) in [6, 6.07) is 7.10. The summed E-state index contributed by atoms with van der Waals surface area (Å²) in [5.74, 6) is 0. The lowest BCUT2D eigenvalue weighted by Crippen LogP contribution is -2.23. The minimum Gasteiger partial charge on any atom is -0.304 e. The number of hydrogen-bond acceptors (Lipinski definition) is 3. The summed E-state index contributed by atoms with van der Waals surface area (Å²) in [7, 11) is -4.50. The Morgan fingerprint density at radius 1 is 1.20 bits per heavy atom. The Morgan fingerprint density at radius 2 is 1.80 bits per heavy atom. The second-order valence-electron chi connectivity index (χ2n) is 4.42. The topological polar surface area (TPSA) is 35.5 Å². The maximum atomic E-state index is 14.5. The second kappa shape index (κ2) is 5.76. The van der Waals surface area contributed by atoms with Crippen molar-refractivity contribution in [3.63, 3.8) is 0 Å². The van der Waals surface area contributed by atoms with Crippen LogP contribution < -0.4 is 0 Å². The molecule has 1 aliphatic carbocycles. The zero-order chi connectivity index (χ0) is 14.8. The first-order chi connectivity index (χ1) is 9.44. The summed E-state index contributed by atoms with van der Waals surface area (Å²) in [5.41, 5.74) is -2.31. The summed E-state index contributed by atoms with van der Waals surface area (Å²) in [6.45, 7) is 2.85. The van der Waals surface area contributed by atoms with Crippen molar-refractivity contribution >= 4 is 13.7 Å². The maximum absolute atomic E-state index is 14.5. The highest BCUT2D eigenvalue weighted by Crippen LogP contribution is 2.65. The lowest BCUT2D eigenvalue weighted by molar-refractivity contribution is 0.0691. The van der Waals surface area contributed by atoms with E-state index in [1.54, 1.807) is 24.3 Å². The molecule has 0 aromatic heterocycles. The van der Waals surface area contributed by atoms with Gasteiger partial charge < -0.3 is 9.05 Å². The molecule has 0 spiro atoms. The van der Waals surface area contributed by atoms with Crippen molar-refractivity contribution in [2.24, 2.45) is 0 Å². The molecule has 0 saturated carbocycles. The highest BCUT2D eigenvalue weighted by atomic mass is 31.2. The lowest BCUT2D eigenvalue weighted by atomic mass is 10.1. The standard InChI is InChI=1S/C14H17F2O3P/c1-3-18-20(17,19-4-2)14(15,16)13-9-11-7-5-6-8-12(11)10-13/h5-9H,3-4,10H2,1-2H3. The zero-order valence-corrected chi connectivity index (χ0v) is 12.3. The molecule has 0 aliphatic heterocycles. The Bertz CT molecular complexity index is 559. The fraction of sp³-hybridized carbons (Fsp3) is 0.429. The van der Waals surface area contributed by atoms with Gasteiger partial charge in [0.15, 0.2) is 0 Å². The minimum absolute atomic E-state index is 0.0628. The molecule has 0 heterocycles. The Labute approximate surface area is 117 Å². The highest BCUT2D eigenvalue weighted by molar-refractivity contribution is 7.55. The van der Waals surface area contributed by atoms with Crippen LogP contribution in [0.2, 0.25) is 0 Å². The molecule has 1 aliphatic rings. The minimum atomic E-state index is -4.50. The van der Waals surface area contributed by atoms with Gasteiger partial charge in [-0.25, -0.2) is 0 Å². The molecule has 1 aromatic rings. The van der Waals surface area contributed by atoms with Gasteiger partial charge in [-0.3, -0.25) is 4.57 Å². The Kier molecular flexibility index (Phi) is 4.43. The van der Waals surface area contributed by atoms with Crippen molar-refractivity contribution in [3.8, 4) is 0 Å².